The number of amides is 1. The topological polar surface area (TPSA) is 51.3 Å². The third-order valence-corrected chi connectivity index (χ3v) is 4.99. The van der Waals surface area contributed by atoms with Crippen LogP contribution < -0.4 is 5.73 Å². The molecule has 0 spiro atoms. The number of aryl methyl sites for hydroxylation is 1. The second-order valence-corrected chi connectivity index (χ2v) is 6.36. The van der Waals surface area contributed by atoms with Crippen molar-refractivity contribution in [1.29, 1.82) is 0 Å². The second-order valence-electron chi connectivity index (χ2n) is 6.36. The number of benzene rings is 2. The first-order chi connectivity index (χ1) is 11.6. The number of hydrogen-bond donors (Lipinski definition) is 1. The Kier molecular flexibility index (Phi) is 4.48. The smallest absolute Gasteiger partial charge is 0.255 e. The van der Waals surface area contributed by atoms with E-state index in [1.807, 2.05) is 46.8 Å². The summed E-state index contributed by atoms with van der Waals surface area (Å²) in [5.74, 6) is 0.830. The molecule has 0 bridgehead atoms. The monoisotopic (exact) mass is 355 g/mol. The average Bonchev–Trinajstić information content (AvgIpc) is 3.02. The van der Waals surface area contributed by atoms with Gasteiger partial charge in [-0.3, -0.25) is 4.79 Å². The highest BCUT2D eigenvalue weighted by Gasteiger charge is 2.39. The van der Waals surface area contributed by atoms with Crippen molar-refractivity contribution in [2.24, 2.45) is 7.05 Å². The first-order valence-corrected chi connectivity index (χ1v) is 8.37. The number of fused-ring (bicyclic) bond motifs is 2. The number of anilines is 1. The summed E-state index contributed by atoms with van der Waals surface area (Å²) in [7, 11) is 1.98. The van der Waals surface area contributed by atoms with Gasteiger partial charge in [0, 0.05) is 35.6 Å². The lowest BCUT2D eigenvalue weighted by Crippen LogP contribution is -2.29. The molecule has 0 saturated heterocycles. The summed E-state index contributed by atoms with van der Waals surface area (Å²) in [5.41, 5.74) is 10.5. The quantitative estimate of drug-likeness (QED) is 0.767. The molecule has 1 unspecified atom stereocenters. The standard InChI is InChI=1S/C20H21N3O.ClH/c1-3-12-23-18(13-8-4-5-9-14(13)20(23)24)17-15-10-6-7-11-16(15)22(2)19(17)21;/h4-11,18H,3,12,21H2,1-2H3;1H. The zero-order valence-corrected chi connectivity index (χ0v) is 15.2. The number of nitrogens with zero attached hydrogens (tertiary/aromatic N) is 2. The van der Waals surface area contributed by atoms with Gasteiger partial charge in [0.25, 0.3) is 5.91 Å². The van der Waals surface area contributed by atoms with E-state index in [0.717, 1.165) is 46.4 Å². The van der Waals surface area contributed by atoms with Gasteiger partial charge in [0.15, 0.2) is 0 Å². The predicted molar refractivity (Wildman–Crippen MR) is 104 cm³/mol. The summed E-state index contributed by atoms with van der Waals surface area (Å²) in [5, 5.41) is 1.12. The number of rotatable bonds is 3. The van der Waals surface area contributed by atoms with E-state index >= 15 is 0 Å². The number of carbonyl (C=O) groups is 1. The molecule has 1 atom stereocenters. The van der Waals surface area contributed by atoms with Gasteiger partial charge in [0.1, 0.15) is 5.82 Å². The summed E-state index contributed by atoms with van der Waals surface area (Å²) in [6, 6.07) is 16.0. The summed E-state index contributed by atoms with van der Waals surface area (Å²) in [6.45, 7) is 2.82. The molecule has 1 aliphatic rings. The highest BCUT2D eigenvalue weighted by Crippen LogP contribution is 2.44. The van der Waals surface area contributed by atoms with Gasteiger partial charge in [-0.05, 0) is 24.1 Å². The Morgan fingerprint density at radius 1 is 1.08 bits per heavy atom. The van der Waals surface area contributed by atoms with E-state index in [0.29, 0.717) is 0 Å². The first kappa shape index (κ1) is 17.4. The molecule has 5 heteroatoms. The van der Waals surface area contributed by atoms with Crippen LogP contribution in [0.5, 0.6) is 0 Å². The van der Waals surface area contributed by atoms with Gasteiger partial charge in [-0.1, -0.05) is 43.3 Å². The molecule has 0 fully saturated rings. The van der Waals surface area contributed by atoms with Gasteiger partial charge < -0.3 is 15.2 Å². The highest BCUT2D eigenvalue weighted by atomic mass is 35.5. The van der Waals surface area contributed by atoms with Crippen LogP contribution in [-0.2, 0) is 7.05 Å². The molecule has 0 aliphatic carbocycles. The lowest BCUT2D eigenvalue weighted by atomic mass is 9.96. The Hall–Kier alpha value is -2.46. The maximum Gasteiger partial charge on any atom is 0.255 e. The molecule has 2 N–H and O–H groups in total. The van der Waals surface area contributed by atoms with Crippen LogP contribution in [0, 0.1) is 0 Å². The molecule has 0 saturated carbocycles. The van der Waals surface area contributed by atoms with Crippen molar-refractivity contribution in [2.75, 3.05) is 12.3 Å². The maximum atomic E-state index is 12.9. The molecule has 3 aromatic rings. The van der Waals surface area contributed by atoms with Crippen molar-refractivity contribution < 1.29 is 4.79 Å². The van der Waals surface area contributed by atoms with E-state index in [4.69, 9.17) is 5.73 Å². The van der Waals surface area contributed by atoms with Crippen LogP contribution >= 0.6 is 12.4 Å². The number of aromatic nitrogens is 1. The van der Waals surface area contributed by atoms with Crippen LogP contribution in [0.4, 0.5) is 5.82 Å². The summed E-state index contributed by atoms with van der Waals surface area (Å²) < 4.78 is 2.01. The fraction of sp³-hybridized carbons (Fsp3) is 0.250. The van der Waals surface area contributed by atoms with E-state index in [1.165, 1.54) is 0 Å². The Balaban J connectivity index is 0.00000182. The van der Waals surface area contributed by atoms with Gasteiger partial charge in [-0.2, -0.15) is 0 Å². The average molecular weight is 356 g/mol. The molecule has 2 heterocycles. The molecular formula is C20H22ClN3O. The third-order valence-electron chi connectivity index (χ3n) is 4.99. The molecule has 130 valence electrons. The van der Waals surface area contributed by atoms with Crippen LogP contribution in [0.15, 0.2) is 48.5 Å². The van der Waals surface area contributed by atoms with E-state index in [-0.39, 0.29) is 24.4 Å². The van der Waals surface area contributed by atoms with E-state index in [9.17, 15) is 4.79 Å². The van der Waals surface area contributed by atoms with Crippen molar-refractivity contribution in [3.8, 4) is 0 Å². The summed E-state index contributed by atoms with van der Waals surface area (Å²) in [4.78, 5) is 14.9. The normalized spacial score (nSPS) is 16.2. The molecule has 0 radical (unpaired) electrons. The van der Waals surface area contributed by atoms with E-state index in [1.54, 1.807) is 0 Å². The molecule has 25 heavy (non-hydrogen) atoms. The summed E-state index contributed by atoms with van der Waals surface area (Å²) in [6.07, 6.45) is 0.918. The first-order valence-electron chi connectivity index (χ1n) is 8.37. The van der Waals surface area contributed by atoms with Gasteiger partial charge in [-0.25, -0.2) is 0 Å². The van der Waals surface area contributed by atoms with Crippen LogP contribution in [0.2, 0.25) is 0 Å². The summed E-state index contributed by atoms with van der Waals surface area (Å²) >= 11 is 0. The minimum atomic E-state index is -0.111. The minimum Gasteiger partial charge on any atom is -0.385 e. The lowest BCUT2D eigenvalue weighted by Gasteiger charge is -2.25. The Morgan fingerprint density at radius 2 is 1.76 bits per heavy atom. The number of nitrogens with two attached hydrogens (primary N) is 1. The fourth-order valence-corrected chi connectivity index (χ4v) is 3.88. The van der Waals surface area contributed by atoms with Crippen molar-refractivity contribution in [3.05, 3.63) is 65.2 Å². The van der Waals surface area contributed by atoms with Crippen LogP contribution in [0.25, 0.3) is 10.9 Å². The second kappa shape index (κ2) is 6.45. The molecule has 1 aliphatic heterocycles. The van der Waals surface area contributed by atoms with Crippen LogP contribution in [-0.4, -0.2) is 21.9 Å². The number of hydrogen-bond acceptors (Lipinski definition) is 2. The van der Waals surface area contributed by atoms with E-state index in [2.05, 4.69) is 25.1 Å². The SMILES string of the molecule is CCCN1C(=O)c2ccccc2C1c1c(N)n(C)c2ccccc12.Cl. The van der Waals surface area contributed by atoms with Gasteiger partial charge in [0.05, 0.1) is 6.04 Å². The van der Waals surface area contributed by atoms with Crippen molar-refractivity contribution in [1.82, 2.24) is 9.47 Å². The Morgan fingerprint density at radius 3 is 2.52 bits per heavy atom. The molecular weight excluding hydrogens is 334 g/mol. The number of halogens is 1. The van der Waals surface area contributed by atoms with Crippen LogP contribution in [0.3, 0.4) is 0 Å². The van der Waals surface area contributed by atoms with Gasteiger partial charge in [0.2, 0.25) is 0 Å². The van der Waals surface area contributed by atoms with Crippen LogP contribution in [0.1, 0.15) is 40.9 Å². The van der Waals surface area contributed by atoms with E-state index < -0.39 is 0 Å². The molecule has 4 nitrogen and oxygen atoms in total. The zero-order chi connectivity index (χ0) is 16.8. The largest absolute Gasteiger partial charge is 0.385 e. The predicted octanol–water partition coefficient (Wildman–Crippen LogP) is 4.14. The van der Waals surface area contributed by atoms with Crippen molar-refractivity contribution in [3.63, 3.8) is 0 Å². The van der Waals surface area contributed by atoms with Crippen molar-refractivity contribution in [2.45, 2.75) is 19.4 Å². The highest BCUT2D eigenvalue weighted by molar-refractivity contribution is 6.01. The third kappa shape index (κ3) is 2.40. The van der Waals surface area contributed by atoms with Gasteiger partial charge >= 0.3 is 0 Å². The zero-order valence-electron chi connectivity index (χ0n) is 14.4. The Labute approximate surface area is 153 Å². The molecule has 1 aromatic heterocycles. The van der Waals surface area contributed by atoms with Gasteiger partial charge in [-0.15, -0.1) is 12.4 Å². The molecule has 1 amide bonds. The molecule has 4 rings (SSSR count). The lowest BCUT2D eigenvalue weighted by molar-refractivity contribution is 0.0751. The Bertz CT molecular complexity index is 947. The van der Waals surface area contributed by atoms with Crippen molar-refractivity contribution >= 4 is 35.0 Å². The number of carbonyl (C=O) groups excluding carboxylic acids is 1. The number of para-hydroxylation sites is 1. The molecule has 2 aromatic carbocycles. The fourth-order valence-electron chi connectivity index (χ4n) is 3.88. The number of nitrogen functional groups attached to an aromatic ring is 1. The maximum absolute atomic E-state index is 12.9. The minimum absolute atomic E-state index is 0.